The lowest BCUT2D eigenvalue weighted by molar-refractivity contribution is -0.384. The van der Waals surface area contributed by atoms with Crippen LogP contribution >= 0.6 is 0 Å². The Morgan fingerprint density at radius 1 is 1.19 bits per heavy atom. The molecule has 1 aliphatic heterocycles. The minimum Gasteiger partial charge on any atom is -0.482 e. The number of hydrogen-bond donors (Lipinski definition) is 1. The highest BCUT2D eigenvalue weighted by atomic mass is 19.2. The zero-order valence-corrected chi connectivity index (χ0v) is 13.4. The molecule has 0 fully saturated rings. The van der Waals surface area contributed by atoms with Gasteiger partial charge >= 0.3 is 0 Å². The third-order valence-corrected chi connectivity index (χ3v) is 3.68. The number of halogens is 3. The number of anilines is 2. The van der Waals surface area contributed by atoms with E-state index in [0.29, 0.717) is 6.07 Å². The molecule has 2 aromatic carbocycles. The molecule has 140 valence electrons. The van der Waals surface area contributed by atoms with Crippen molar-refractivity contribution < 1.29 is 32.4 Å². The average molecular weight is 381 g/mol. The number of fused-ring (bicyclic) bond motifs is 1. The Balaban J connectivity index is 1.84. The highest BCUT2D eigenvalue weighted by molar-refractivity contribution is 6.05. The molecule has 0 aliphatic carbocycles. The van der Waals surface area contributed by atoms with Crippen LogP contribution in [0.2, 0.25) is 0 Å². The quantitative estimate of drug-likeness (QED) is 0.498. The second-order valence-corrected chi connectivity index (χ2v) is 5.47. The van der Waals surface area contributed by atoms with Gasteiger partial charge in [-0.2, -0.15) is 0 Å². The average Bonchev–Trinajstić information content (AvgIpc) is 2.61. The lowest BCUT2D eigenvalue weighted by Gasteiger charge is -2.28. The second kappa shape index (κ2) is 6.94. The van der Waals surface area contributed by atoms with Crippen molar-refractivity contribution in [1.29, 1.82) is 0 Å². The molecule has 1 aliphatic rings. The first kappa shape index (κ1) is 18.2. The van der Waals surface area contributed by atoms with Crippen molar-refractivity contribution in [1.82, 2.24) is 0 Å². The van der Waals surface area contributed by atoms with Gasteiger partial charge in [0.15, 0.2) is 18.2 Å². The van der Waals surface area contributed by atoms with Crippen molar-refractivity contribution >= 4 is 28.9 Å². The number of hydrogen-bond acceptors (Lipinski definition) is 5. The number of nitrogens with one attached hydrogen (secondary N) is 1. The monoisotopic (exact) mass is 381 g/mol. The smallest absolute Gasteiger partial charge is 0.271 e. The lowest BCUT2D eigenvalue weighted by Crippen LogP contribution is -2.43. The molecule has 3 rings (SSSR count). The number of amides is 2. The molecule has 1 heterocycles. The number of carbonyl (C=O) groups excluding carboxylic acids is 2. The molecule has 0 spiro atoms. The van der Waals surface area contributed by atoms with Crippen LogP contribution in [0.25, 0.3) is 0 Å². The first-order chi connectivity index (χ1) is 12.8. The first-order valence-electron chi connectivity index (χ1n) is 7.42. The third kappa shape index (κ3) is 3.66. The SMILES string of the molecule is O=C(CN1C(=O)COc2ccc([N+](=O)[O-])cc21)Nc1cc(F)c(F)cc1F. The van der Waals surface area contributed by atoms with Crippen LogP contribution in [0.1, 0.15) is 0 Å². The Hall–Kier alpha value is -3.63. The molecule has 0 bridgehead atoms. The summed E-state index contributed by atoms with van der Waals surface area (Å²) in [6.07, 6.45) is 0. The summed E-state index contributed by atoms with van der Waals surface area (Å²) in [4.78, 5) is 35.3. The van der Waals surface area contributed by atoms with Gasteiger partial charge in [0.25, 0.3) is 11.6 Å². The van der Waals surface area contributed by atoms with Gasteiger partial charge in [0.2, 0.25) is 5.91 Å². The van der Waals surface area contributed by atoms with E-state index in [1.54, 1.807) is 0 Å². The summed E-state index contributed by atoms with van der Waals surface area (Å²) >= 11 is 0. The Morgan fingerprint density at radius 2 is 1.89 bits per heavy atom. The fourth-order valence-corrected chi connectivity index (χ4v) is 2.43. The van der Waals surface area contributed by atoms with Crippen molar-refractivity contribution in [2.24, 2.45) is 0 Å². The molecule has 0 radical (unpaired) electrons. The van der Waals surface area contributed by atoms with Gasteiger partial charge in [0.1, 0.15) is 18.1 Å². The number of benzene rings is 2. The first-order valence-corrected chi connectivity index (χ1v) is 7.42. The highest BCUT2D eigenvalue weighted by Gasteiger charge is 2.29. The van der Waals surface area contributed by atoms with E-state index in [2.05, 4.69) is 0 Å². The second-order valence-electron chi connectivity index (χ2n) is 5.47. The predicted molar refractivity (Wildman–Crippen MR) is 85.9 cm³/mol. The van der Waals surface area contributed by atoms with Crippen LogP contribution in [0.4, 0.5) is 30.2 Å². The molecular weight excluding hydrogens is 371 g/mol. The van der Waals surface area contributed by atoms with Gasteiger partial charge in [-0.3, -0.25) is 24.6 Å². The highest BCUT2D eigenvalue weighted by Crippen LogP contribution is 2.35. The van der Waals surface area contributed by atoms with Gasteiger partial charge < -0.3 is 10.1 Å². The van der Waals surface area contributed by atoms with Crippen LogP contribution in [0.15, 0.2) is 30.3 Å². The Bertz CT molecular complexity index is 967. The van der Waals surface area contributed by atoms with Crippen molar-refractivity contribution in [3.05, 3.63) is 57.9 Å². The number of rotatable bonds is 4. The van der Waals surface area contributed by atoms with E-state index in [0.717, 1.165) is 11.0 Å². The number of nitrogens with zero attached hydrogens (tertiary/aromatic N) is 2. The molecule has 0 atom stereocenters. The van der Waals surface area contributed by atoms with Crippen LogP contribution in [-0.2, 0) is 9.59 Å². The number of non-ortho nitro benzene ring substituents is 1. The minimum absolute atomic E-state index is 0.0126. The summed E-state index contributed by atoms with van der Waals surface area (Å²) in [5.41, 5.74) is -0.954. The lowest BCUT2D eigenvalue weighted by atomic mass is 10.2. The van der Waals surface area contributed by atoms with Crippen molar-refractivity contribution in [2.75, 3.05) is 23.4 Å². The van der Waals surface area contributed by atoms with E-state index in [9.17, 15) is 32.9 Å². The standard InChI is InChI=1S/C16H10F3N3O5/c17-9-4-11(19)12(5-10(9)18)20-15(23)6-21-13-3-8(22(25)26)1-2-14(13)27-7-16(21)24/h1-5H,6-7H2,(H,20,23). The molecule has 0 saturated heterocycles. The van der Waals surface area contributed by atoms with Gasteiger partial charge in [0.05, 0.1) is 16.3 Å². The molecular formula is C16H10F3N3O5. The molecule has 11 heteroatoms. The summed E-state index contributed by atoms with van der Waals surface area (Å²) in [6, 6.07) is 4.23. The summed E-state index contributed by atoms with van der Waals surface area (Å²) in [6.45, 7) is -1.05. The van der Waals surface area contributed by atoms with Crippen LogP contribution < -0.4 is 15.0 Å². The van der Waals surface area contributed by atoms with Crippen LogP contribution in [0.3, 0.4) is 0 Å². The third-order valence-electron chi connectivity index (χ3n) is 3.68. The molecule has 2 amide bonds. The summed E-state index contributed by atoms with van der Waals surface area (Å²) < 4.78 is 44.9. The topological polar surface area (TPSA) is 102 Å². The maximum absolute atomic E-state index is 13.6. The molecule has 2 aromatic rings. The predicted octanol–water partition coefficient (Wildman–Crippen LogP) is 2.38. The maximum Gasteiger partial charge on any atom is 0.271 e. The molecule has 0 unspecified atom stereocenters. The molecule has 1 N–H and O–H groups in total. The van der Waals surface area contributed by atoms with E-state index in [4.69, 9.17) is 4.74 Å². The summed E-state index contributed by atoms with van der Waals surface area (Å²) in [7, 11) is 0. The van der Waals surface area contributed by atoms with Gasteiger partial charge in [-0.05, 0) is 6.07 Å². The zero-order chi connectivity index (χ0) is 19.7. The number of nitro groups is 1. The number of carbonyl (C=O) groups is 2. The molecule has 0 saturated carbocycles. The van der Waals surface area contributed by atoms with E-state index >= 15 is 0 Å². The van der Waals surface area contributed by atoms with Gasteiger partial charge in [-0.15, -0.1) is 0 Å². The fourth-order valence-electron chi connectivity index (χ4n) is 2.43. The number of ether oxygens (including phenoxy) is 1. The van der Waals surface area contributed by atoms with Crippen LogP contribution in [-0.4, -0.2) is 29.9 Å². The van der Waals surface area contributed by atoms with E-state index in [-0.39, 0.29) is 23.2 Å². The van der Waals surface area contributed by atoms with Crippen molar-refractivity contribution in [3.8, 4) is 5.75 Å². The van der Waals surface area contributed by atoms with Crippen molar-refractivity contribution in [3.63, 3.8) is 0 Å². The molecule has 27 heavy (non-hydrogen) atoms. The minimum atomic E-state index is -1.42. The zero-order valence-electron chi connectivity index (χ0n) is 13.4. The van der Waals surface area contributed by atoms with Gasteiger partial charge in [-0.1, -0.05) is 0 Å². The van der Waals surface area contributed by atoms with E-state index in [1.165, 1.54) is 12.1 Å². The summed E-state index contributed by atoms with van der Waals surface area (Å²) in [5.74, 6) is -5.43. The van der Waals surface area contributed by atoms with E-state index < -0.39 is 53.0 Å². The Morgan fingerprint density at radius 3 is 2.59 bits per heavy atom. The molecule has 0 aromatic heterocycles. The molecule has 8 nitrogen and oxygen atoms in total. The fraction of sp³-hybridized carbons (Fsp3) is 0.125. The van der Waals surface area contributed by atoms with Gasteiger partial charge in [-0.25, -0.2) is 13.2 Å². The van der Waals surface area contributed by atoms with Crippen molar-refractivity contribution in [2.45, 2.75) is 0 Å². The maximum atomic E-state index is 13.6. The summed E-state index contributed by atoms with van der Waals surface area (Å²) in [5, 5.41) is 12.9. The Labute approximate surface area is 149 Å². The van der Waals surface area contributed by atoms with Crippen LogP contribution in [0, 0.1) is 27.6 Å². The Kier molecular flexibility index (Phi) is 4.67. The number of nitro benzene ring substituents is 1. The van der Waals surface area contributed by atoms with E-state index in [1.807, 2.05) is 5.32 Å². The van der Waals surface area contributed by atoms with Gasteiger partial charge in [0, 0.05) is 24.3 Å². The largest absolute Gasteiger partial charge is 0.482 e. The normalized spacial score (nSPS) is 13.0. The van der Waals surface area contributed by atoms with Crippen LogP contribution in [0.5, 0.6) is 5.75 Å².